The lowest BCUT2D eigenvalue weighted by Crippen LogP contribution is -2.45. The van der Waals surface area contributed by atoms with Gasteiger partial charge in [-0.2, -0.15) is 0 Å². The summed E-state index contributed by atoms with van der Waals surface area (Å²) in [7, 11) is -0.978. The Labute approximate surface area is 109 Å². The molecule has 0 spiro atoms. The van der Waals surface area contributed by atoms with E-state index < -0.39 is 11.0 Å². The van der Waals surface area contributed by atoms with Gasteiger partial charge in [0.2, 0.25) is 0 Å². The van der Waals surface area contributed by atoms with E-state index >= 15 is 0 Å². The molecule has 1 aromatic heterocycles. The largest absolute Gasteiger partial charge is 0.378 e. The van der Waals surface area contributed by atoms with E-state index in [9.17, 15) is 4.21 Å². The number of rotatable bonds is 2. The van der Waals surface area contributed by atoms with Crippen LogP contribution in [0.4, 0.5) is 0 Å². The monoisotopic (exact) mass is 273 g/mol. The molecule has 0 radical (unpaired) electrons. The minimum Gasteiger partial charge on any atom is -0.378 e. The molecule has 0 bridgehead atoms. The van der Waals surface area contributed by atoms with Gasteiger partial charge < -0.3 is 4.74 Å². The molecule has 5 heteroatoms. The van der Waals surface area contributed by atoms with Gasteiger partial charge >= 0.3 is 0 Å². The Bertz CT molecular complexity index is 384. The molecule has 1 aromatic rings. The van der Waals surface area contributed by atoms with Gasteiger partial charge in [0.1, 0.15) is 11.0 Å². The molecular formula is C12H19NO2S2. The second-order valence-electron chi connectivity index (χ2n) is 5.11. The third kappa shape index (κ3) is 2.96. The molecule has 96 valence electrons. The van der Waals surface area contributed by atoms with Crippen molar-refractivity contribution in [1.82, 2.24) is 4.31 Å². The first-order valence-electron chi connectivity index (χ1n) is 5.80. The van der Waals surface area contributed by atoms with E-state index in [-0.39, 0.29) is 10.8 Å². The molecule has 1 saturated heterocycles. The van der Waals surface area contributed by atoms with Gasteiger partial charge in [0.15, 0.2) is 0 Å². The zero-order valence-corrected chi connectivity index (χ0v) is 12.1. The predicted molar refractivity (Wildman–Crippen MR) is 72.5 cm³/mol. The number of hydrogen-bond donors (Lipinski definition) is 0. The molecule has 3 nitrogen and oxygen atoms in total. The van der Waals surface area contributed by atoms with E-state index in [0.717, 1.165) is 6.54 Å². The number of nitrogens with zero attached hydrogens (tertiary/aromatic N) is 1. The fourth-order valence-electron chi connectivity index (χ4n) is 1.84. The van der Waals surface area contributed by atoms with Crippen molar-refractivity contribution in [2.45, 2.75) is 31.6 Å². The van der Waals surface area contributed by atoms with Gasteiger partial charge in [0.25, 0.3) is 0 Å². The van der Waals surface area contributed by atoms with Crippen molar-refractivity contribution >= 4 is 22.3 Å². The molecular weight excluding hydrogens is 254 g/mol. The van der Waals surface area contributed by atoms with Crippen molar-refractivity contribution in [3.63, 3.8) is 0 Å². The van der Waals surface area contributed by atoms with Crippen LogP contribution in [0.1, 0.15) is 31.7 Å². The molecule has 0 saturated carbocycles. The summed E-state index contributed by atoms with van der Waals surface area (Å²) in [6.45, 7) is 8.11. The summed E-state index contributed by atoms with van der Waals surface area (Å²) in [5.41, 5.74) is 0. The molecule has 0 N–H and O–H groups in total. The van der Waals surface area contributed by atoms with Gasteiger partial charge in [0, 0.05) is 11.4 Å². The van der Waals surface area contributed by atoms with Crippen LogP contribution in [0.2, 0.25) is 0 Å². The molecule has 1 fully saturated rings. The Balaban J connectivity index is 2.21. The molecule has 2 heterocycles. The Hall–Kier alpha value is -0.230. The second-order valence-corrected chi connectivity index (χ2v) is 8.28. The summed E-state index contributed by atoms with van der Waals surface area (Å²) in [5.74, 6) is 0. The quantitative estimate of drug-likeness (QED) is 0.829. The first-order chi connectivity index (χ1) is 8.00. The summed E-state index contributed by atoms with van der Waals surface area (Å²) in [6, 6.07) is 4.27. The molecule has 2 rings (SSSR count). The Morgan fingerprint density at radius 3 is 2.88 bits per heavy atom. The highest BCUT2D eigenvalue weighted by molar-refractivity contribution is 7.84. The highest BCUT2D eigenvalue weighted by Gasteiger charge is 2.34. The lowest BCUT2D eigenvalue weighted by Gasteiger charge is -2.37. The molecule has 0 unspecified atom stereocenters. The van der Waals surface area contributed by atoms with Gasteiger partial charge in [-0.1, -0.05) is 6.07 Å². The average Bonchev–Trinajstić information content (AvgIpc) is 2.80. The number of morpholine rings is 1. The minimum absolute atomic E-state index is 0.142. The fraction of sp³-hybridized carbons (Fsp3) is 0.667. The van der Waals surface area contributed by atoms with Crippen LogP contribution in [0.3, 0.4) is 0 Å². The summed E-state index contributed by atoms with van der Waals surface area (Å²) in [5, 5.41) is 2.06. The lowest BCUT2D eigenvalue weighted by atomic mass is 10.2. The van der Waals surface area contributed by atoms with E-state index in [0.29, 0.717) is 13.2 Å². The first kappa shape index (κ1) is 13.2. The maximum atomic E-state index is 12.5. The van der Waals surface area contributed by atoms with Crippen LogP contribution in [-0.2, 0) is 15.7 Å². The molecule has 0 aromatic carbocycles. The molecule has 1 aliphatic rings. The molecule has 0 amide bonds. The Morgan fingerprint density at radius 2 is 2.29 bits per heavy atom. The fourth-order valence-corrected chi connectivity index (χ4v) is 4.08. The third-order valence-corrected chi connectivity index (χ3v) is 5.57. The van der Waals surface area contributed by atoms with Crippen molar-refractivity contribution in [3.8, 4) is 0 Å². The van der Waals surface area contributed by atoms with Gasteiger partial charge in [0.05, 0.1) is 24.0 Å². The van der Waals surface area contributed by atoms with Gasteiger partial charge in [-0.25, -0.2) is 8.51 Å². The van der Waals surface area contributed by atoms with Crippen LogP contribution >= 0.6 is 11.3 Å². The number of ether oxygens (including phenoxy) is 1. The smallest absolute Gasteiger partial charge is 0.100 e. The van der Waals surface area contributed by atoms with E-state index in [1.807, 2.05) is 26.8 Å². The van der Waals surface area contributed by atoms with E-state index in [1.165, 1.54) is 4.88 Å². The summed E-state index contributed by atoms with van der Waals surface area (Å²) in [6.07, 6.45) is 0. The second kappa shape index (κ2) is 5.18. The van der Waals surface area contributed by atoms with Crippen LogP contribution in [0.15, 0.2) is 17.5 Å². The summed E-state index contributed by atoms with van der Waals surface area (Å²) < 4.78 is 19.9. The molecule has 1 aliphatic heterocycles. The minimum atomic E-state index is -0.978. The van der Waals surface area contributed by atoms with Crippen molar-refractivity contribution in [2.75, 3.05) is 19.8 Å². The molecule has 17 heavy (non-hydrogen) atoms. The Morgan fingerprint density at radius 1 is 1.53 bits per heavy atom. The normalized spacial score (nSPS) is 24.8. The summed E-state index contributed by atoms with van der Waals surface area (Å²) >= 11 is 1.71. The maximum Gasteiger partial charge on any atom is 0.100 e. The standard InChI is InChI=1S/C12H19NO2S2/c1-12(2,3)17(14)13-6-7-15-9-10(13)11-5-4-8-16-11/h4-5,8,10H,6-7,9H2,1-3H3/t10-,17+/m0/s1. The van der Waals surface area contributed by atoms with Crippen LogP contribution in [0.25, 0.3) is 0 Å². The van der Waals surface area contributed by atoms with Crippen molar-refractivity contribution < 1.29 is 8.95 Å². The van der Waals surface area contributed by atoms with Gasteiger partial charge in [-0.15, -0.1) is 11.3 Å². The van der Waals surface area contributed by atoms with Crippen LogP contribution < -0.4 is 0 Å². The summed E-state index contributed by atoms with van der Waals surface area (Å²) in [4.78, 5) is 1.24. The van der Waals surface area contributed by atoms with E-state index in [1.54, 1.807) is 11.3 Å². The highest BCUT2D eigenvalue weighted by Crippen LogP contribution is 2.31. The predicted octanol–water partition coefficient (Wildman–Crippen LogP) is 2.58. The van der Waals surface area contributed by atoms with Crippen molar-refractivity contribution in [3.05, 3.63) is 22.4 Å². The van der Waals surface area contributed by atoms with Crippen LogP contribution in [0, 0.1) is 0 Å². The van der Waals surface area contributed by atoms with Crippen LogP contribution in [-0.4, -0.2) is 33.0 Å². The van der Waals surface area contributed by atoms with Crippen molar-refractivity contribution in [2.24, 2.45) is 0 Å². The van der Waals surface area contributed by atoms with Crippen LogP contribution in [0.5, 0.6) is 0 Å². The lowest BCUT2D eigenvalue weighted by molar-refractivity contribution is 0.0350. The van der Waals surface area contributed by atoms with E-state index in [2.05, 4.69) is 15.8 Å². The highest BCUT2D eigenvalue weighted by atomic mass is 32.2. The zero-order chi connectivity index (χ0) is 12.5. The maximum absolute atomic E-state index is 12.5. The molecule has 2 atom stereocenters. The topological polar surface area (TPSA) is 29.5 Å². The number of thiophene rings is 1. The SMILES string of the molecule is CC(C)(C)[S@@](=O)N1CCOC[C@H]1c1cccs1. The zero-order valence-electron chi connectivity index (χ0n) is 10.5. The van der Waals surface area contributed by atoms with Gasteiger partial charge in [-0.3, -0.25) is 0 Å². The Kier molecular flexibility index (Phi) is 4.02. The van der Waals surface area contributed by atoms with E-state index in [4.69, 9.17) is 4.74 Å². The van der Waals surface area contributed by atoms with Gasteiger partial charge in [-0.05, 0) is 32.2 Å². The molecule has 0 aliphatic carbocycles. The first-order valence-corrected chi connectivity index (χ1v) is 7.78. The number of hydrogen-bond acceptors (Lipinski definition) is 3. The third-order valence-electron chi connectivity index (χ3n) is 2.69. The average molecular weight is 273 g/mol. The van der Waals surface area contributed by atoms with Crippen molar-refractivity contribution in [1.29, 1.82) is 0 Å².